The number of benzene rings is 1. The molecule has 28 heavy (non-hydrogen) atoms. The molecular weight excluding hydrogens is 453 g/mol. The molecule has 0 radical (unpaired) electrons. The fourth-order valence-corrected chi connectivity index (χ4v) is 4.19. The number of carbonyl (C=O) groups excluding carboxylic acids is 1. The molecule has 0 saturated heterocycles. The Morgan fingerprint density at radius 1 is 1.11 bits per heavy atom. The molecule has 0 bridgehead atoms. The molecule has 2 aliphatic rings. The van der Waals surface area contributed by atoms with Crippen LogP contribution in [0.25, 0.3) is 5.57 Å². The van der Waals surface area contributed by atoms with Gasteiger partial charge in [-0.05, 0) is 55.9 Å². The van der Waals surface area contributed by atoms with E-state index in [2.05, 4.69) is 21.2 Å². The van der Waals surface area contributed by atoms with Crippen molar-refractivity contribution in [3.63, 3.8) is 0 Å². The minimum Gasteiger partial charge on any atom is -0.509 e. The molecule has 1 aliphatic heterocycles. The zero-order valence-corrected chi connectivity index (χ0v) is 16.2. The molecule has 1 saturated carbocycles. The van der Waals surface area contributed by atoms with Crippen molar-refractivity contribution in [2.45, 2.75) is 55.8 Å². The Labute approximate surface area is 165 Å². The van der Waals surface area contributed by atoms with E-state index in [1.54, 1.807) is 25.1 Å². The van der Waals surface area contributed by atoms with E-state index in [9.17, 15) is 37.0 Å². The van der Waals surface area contributed by atoms with Crippen molar-refractivity contribution in [3.05, 3.63) is 39.6 Å². The number of aryl methyl sites for hydroxylation is 1. The Morgan fingerprint density at radius 3 is 2.21 bits per heavy atom. The van der Waals surface area contributed by atoms with E-state index >= 15 is 0 Å². The summed E-state index contributed by atoms with van der Waals surface area (Å²) in [7, 11) is 0. The lowest BCUT2D eigenvalue weighted by molar-refractivity contribution is -0.347. The van der Waals surface area contributed by atoms with Gasteiger partial charge in [0.1, 0.15) is 11.4 Å². The van der Waals surface area contributed by atoms with Crippen LogP contribution >= 0.6 is 15.9 Å². The van der Waals surface area contributed by atoms with Crippen molar-refractivity contribution in [2.75, 3.05) is 0 Å². The van der Waals surface area contributed by atoms with Gasteiger partial charge in [0.15, 0.2) is 0 Å². The van der Waals surface area contributed by atoms with Crippen LogP contribution in [0.4, 0.5) is 22.0 Å². The van der Waals surface area contributed by atoms with Crippen LogP contribution in [0.2, 0.25) is 0 Å². The minimum absolute atomic E-state index is 0.0492. The molecule has 1 heterocycles. The number of rotatable bonds is 2. The van der Waals surface area contributed by atoms with Crippen LogP contribution in [0.3, 0.4) is 0 Å². The second kappa shape index (κ2) is 6.41. The Balaban J connectivity index is 1.95. The van der Waals surface area contributed by atoms with Gasteiger partial charge in [-0.2, -0.15) is 22.0 Å². The number of carbonyl (C=O) groups is 1. The molecule has 0 atom stereocenters. The quantitative estimate of drug-likeness (QED) is 0.562. The van der Waals surface area contributed by atoms with Gasteiger partial charge >= 0.3 is 12.1 Å². The number of hydrogen-bond acceptors (Lipinski definition) is 3. The summed E-state index contributed by atoms with van der Waals surface area (Å²) in [5.41, 5.74) is -3.73. The highest BCUT2D eigenvalue weighted by Crippen LogP contribution is 2.53. The maximum Gasteiger partial charge on any atom is 0.456 e. The second-order valence-corrected chi connectivity index (χ2v) is 8.24. The van der Waals surface area contributed by atoms with Crippen molar-refractivity contribution in [2.24, 2.45) is 0 Å². The van der Waals surface area contributed by atoms with Gasteiger partial charge in [0.05, 0.1) is 11.1 Å². The highest BCUT2D eigenvalue weighted by atomic mass is 79.9. The van der Waals surface area contributed by atoms with Crippen molar-refractivity contribution in [1.82, 2.24) is 5.32 Å². The standard InChI is InChI=1S/C18H17BrF5NO3/c1-9-2-3-10(19)8-11(9)12-13(26)15(25-14(12)27)4-6-16(28,7-5-15)17(20,21)18(22,23)24/h2-3,8,26,28H,4-7H2,1H3,(H,25,27). The van der Waals surface area contributed by atoms with Crippen molar-refractivity contribution in [3.8, 4) is 0 Å². The van der Waals surface area contributed by atoms with Crippen molar-refractivity contribution in [1.29, 1.82) is 0 Å². The molecular formula is C18H17BrF5NO3. The second-order valence-electron chi connectivity index (χ2n) is 7.32. The average Bonchev–Trinajstić information content (AvgIpc) is 2.82. The summed E-state index contributed by atoms with van der Waals surface area (Å²) >= 11 is 3.27. The normalized spacial score (nSPS) is 28.8. The van der Waals surface area contributed by atoms with E-state index in [4.69, 9.17) is 0 Å². The molecule has 1 fully saturated rings. The third-order valence-electron chi connectivity index (χ3n) is 5.61. The first-order valence-corrected chi connectivity index (χ1v) is 9.23. The summed E-state index contributed by atoms with van der Waals surface area (Å²) in [6, 6.07) is 5.05. The predicted molar refractivity (Wildman–Crippen MR) is 93.7 cm³/mol. The number of aliphatic hydroxyl groups excluding tert-OH is 1. The smallest absolute Gasteiger partial charge is 0.456 e. The monoisotopic (exact) mass is 469 g/mol. The van der Waals surface area contributed by atoms with Crippen LogP contribution in [0, 0.1) is 6.92 Å². The van der Waals surface area contributed by atoms with Gasteiger partial charge in [-0.1, -0.05) is 22.0 Å². The number of halogens is 6. The first-order chi connectivity index (χ1) is 12.7. The number of alkyl halides is 5. The highest BCUT2D eigenvalue weighted by molar-refractivity contribution is 9.10. The van der Waals surface area contributed by atoms with Gasteiger partial charge in [-0.15, -0.1) is 0 Å². The van der Waals surface area contributed by atoms with Gasteiger partial charge in [0.25, 0.3) is 5.91 Å². The minimum atomic E-state index is -5.90. The van der Waals surface area contributed by atoms with Gasteiger partial charge in [0, 0.05) is 4.47 Å². The summed E-state index contributed by atoms with van der Waals surface area (Å²) in [5.74, 6) is -6.35. The Morgan fingerprint density at radius 2 is 1.68 bits per heavy atom. The Kier molecular flexibility index (Phi) is 4.82. The van der Waals surface area contributed by atoms with E-state index in [-0.39, 0.29) is 5.57 Å². The van der Waals surface area contributed by atoms with Gasteiger partial charge in [-0.3, -0.25) is 4.79 Å². The maximum atomic E-state index is 13.7. The number of amides is 1. The van der Waals surface area contributed by atoms with Crippen LogP contribution in [0.5, 0.6) is 0 Å². The molecule has 4 nitrogen and oxygen atoms in total. The van der Waals surface area contributed by atoms with Crippen LogP contribution in [-0.4, -0.2) is 39.4 Å². The van der Waals surface area contributed by atoms with E-state index in [0.717, 1.165) is 0 Å². The third-order valence-corrected chi connectivity index (χ3v) is 6.10. The largest absolute Gasteiger partial charge is 0.509 e. The molecule has 1 aromatic rings. The molecule has 1 aliphatic carbocycles. The number of hydrogen-bond donors (Lipinski definition) is 3. The molecule has 1 spiro atoms. The zero-order chi connectivity index (χ0) is 21.1. The summed E-state index contributed by atoms with van der Waals surface area (Å²) in [6.07, 6.45) is -8.68. The zero-order valence-electron chi connectivity index (χ0n) is 14.6. The number of aliphatic hydroxyl groups is 2. The maximum absolute atomic E-state index is 13.7. The van der Waals surface area contributed by atoms with E-state index in [1.165, 1.54) is 0 Å². The number of nitrogens with one attached hydrogen (secondary N) is 1. The summed E-state index contributed by atoms with van der Waals surface area (Å²) in [6.45, 7) is 1.71. The van der Waals surface area contributed by atoms with Gasteiger partial charge in [-0.25, -0.2) is 0 Å². The van der Waals surface area contributed by atoms with Gasteiger partial charge in [0.2, 0.25) is 0 Å². The lowest BCUT2D eigenvalue weighted by Crippen LogP contribution is -2.62. The van der Waals surface area contributed by atoms with E-state index in [0.29, 0.717) is 15.6 Å². The first kappa shape index (κ1) is 21.0. The molecule has 3 rings (SSSR count). The molecule has 0 unspecified atom stereocenters. The fourth-order valence-electron chi connectivity index (χ4n) is 3.83. The first-order valence-electron chi connectivity index (χ1n) is 8.44. The van der Waals surface area contributed by atoms with E-state index in [1.807, 2.05) is 0 Å². The predicted octanol–water partition coefficient (Wildman–Crippen LogP) is 4.40. The Bertz CT molecular complexity index is 857. The van der Waals surface area contributed by atoms with Gasteiger partial charge < -0.3 is 15.5 Å². The SMILES string of the molecule is Cc1ccc(Br)cc1C1=C(O)C2(CCC(O)(C(F)(F)C(F)(F)F)CC2)NC1=O. The average molecular weight is 470 g/mol. The molecule has 10 heteroatoms. The lowest BCUT2D eigenvalue weighted by atomic mass is 9.70. The summed E-state index contributed by atoms with van der Waals surface area (Å²) in [4.78, 5) is 12.5. The van der Waals surface area contributed by atoms with Crippen molar-refractivity contribution < 1.29 is 37.0 Å². The third kappa shape index (κ3) is 3.01. The fraction of sp³-hybridized carbons (Fsp3) is 0.500. The van der Waals surface area contributed by atoms with Crippen molar-refractivity contribution >= 4 is 27.4 Å². The highest BCUT2D eigenvalue weighted by Gasteiger charge is 2.71. The van der Waals surface area contributed by atoms with Crippen LogP contribution < -0.4 is 5.32 Å². The molecule has 0 aromatic heterocycles. The molecule has 3 N–H and O–H groups in total. The molecule has 1 amide bonds. The van der Waals surface area contributed by atoms with Crippen LogP contribution in [-0.2, 0) is 4.79 Å². The topological polar surface area (TPSA) is 69.6 Å². The van der Waals surface area contributed by atoms with Crippen LogP contribution in [0.1, 0.15) is 36.8 Å². The molecule has 1 aromatic carbocycles. The molecule has 154 valence electrons. The summed E-state index contributed by atoms with van der Waals surface area (Å²) < 4.78 is 66.2. The Hall–Kier alpha value is -1.68. The summed E-state index contributed by atoms with van der Waals surface area (Å²) in [5, 5.41) is 23.3. The van der Waals surface area contributed by atoms with E-state index < -0.39 is 60.6 Å². The lowest BCUT2D eigenvalue weighted by Gasteiger charge is -2.45. The van der Waals surface area contributed by atoms with Crippen LogP contribution in [0.15, 0.2) is 28.4 Å².